The van der Waals surface area contributed by atoms with Crippen molar-refractivity contribution in [1.82, 2.24) is 45.4 Å². The molecular formula is C52H62N12O6S. The van der Waals surface area contributed by atoms with Gasteiger partial charge in [0.15, 0.2) is 11.6 Å². The number of likely N-dealkylation sites (tertiary alicyclic amines) is 2. The van der Waals surface area contributed by atoms with Crippen molar-refractivity contribution in [1.29, 1.82) is 0 Å². The third-order valence-corrected chi connectivity index (χ3v) is 15.4. The number of fused-ring (bicyclic) bond motifs is 3. The van der Waals surface area contributed by atoms with E-state index in [0.717, 1.165) is 111 Å². The quantitative estimate of drug-likeness (QED) is 0.0792. The average molecular weight is 983 g/mol. The number of phenolic OH excluding ortho intramolecular Hbond substituents is 1. The molecule has 0 radical (unpaired) electrons. The Balaban J connectivity index is 0.644. The lowest BCUT2D eigenvalue weighted by Crippen LogP contribution is -2.58. The number of aromatic nitrogens is 6. The number of para-hydroxylation sites is 1. The molecule has 6 aromatic rings. The van der Waals surface area contributed by atoms with Gasteiger partial charge in [0.1, 0.15) is 17.7 Å². The summed E-state index contributed by atoms with van der Waals surface area (Å²) in [5.41, 5.74) is 8.32. The van der Waals surface area contributed by atoms with Gasteiger partial charge in [-0.1, -0.05) is 50.2 Å². The van der Waals surface area contributed by atoms with E-state index in [0.29, 0.717) is 42.0 Å². The number of anilines is 3. The predicted octanol–water partition coefficient (Wildman–Crippen LogP) is 6.24. The maximum Gasteiger partial charge on any atom is 0.254 e. The zero-order valence-corrected chi connectivity index (χ0v) is 41.3. The normalized spacial score (nSPS) is 19.8. The van der Waals surface area contributed by atoms with Crippen LogP contribution in [0, 0.1) is 12.8 Å². The number of piperazine rings is 1. The van der Waals surface area contributed by atoms with E-state index in [-0.39, 0.29) is 42.5 Å². The first-order valence-corrected chi connectivity index (χ1v) is 25.7. The number of ether oxygens (including phenoxy) is 1. The number of unbranched alkanes of at least 4 members (excludes halogenated alkanes) is 1. The second-order valence-electron chi connectivity index (χ2n) is 19.5. The van der Waals surface area contributed by atoms with Gasteiger partial charge < -0.3 is 49.7 Å². The number of nitrogens with zero attached hydrogens (tertiary/aromatic N) is 10. The molecule has 18 nitrogen and oxygen atoms in total. The highest BCUT2D eigenvalue weighted by atomic mass is 32.1. The first-order valence-electron chi connectivity index (χ1n) is 24.9. The monoisotopic (exact) mass is 982 g/mol. The number of phenols is 1. The Morgan fingerprint density at radius 1 is 0.972 bits per heavy atom. The molecule has 3 saturated heterocycles. The average Bonchev–Trinajstić information content (AvgIpc) is 4.15. The van der Waals surface area contributed by atoms with Crippen LogP contribution in [0.4, 0.5) is 17.5 Å². The van der Waals surface area contributed by atoms with E-state index in [2.05, 4.69) is 45.7 Å². The van der Waals surface area contributed by atoms with E-state index in [4.69, 9.17) is 19.2 Å². The maximum absolute atomic E-state index is 14.1. The molecule has 0 aliphatic carbocycles. The van der Waals surface area contributed by atoms with Crippen molar-refractivity contribution in [3.05, 3.63) is 101 Å². The first kappa shape index (κ1) is 48.0. The molecule has 0 bridgehead atoms. The molecule has 19 heteroatoms. The summed E-state index contributed by atoms with van der Waals surface area (Å²) < 4.78 is 11.7. The number of carbonyl (C=O) groups excluding carboxylic acids is 2. The summed E-state index contributed by atoms with van der Waals surface area (Å²) in [6.45, 7) is 12.8. The van der Waals surface area contributed by atoms with E-state index < -0.39 is 18.1 Å². The van der Waals surface area contributed by atoms with Crippen molar-refractivity contribution < 1.29 is 29.1 Å². The molecule has 372 valence electrons. The summed E-state index contributed by atoms with van der Waals surface area (Å²) in [5, 5.41) is 40.5. The van der Waals surface area contributed by atoms with Gasteiger partial charge in [0.05, 0.1) is 46.2 Å². The number of rotatable bonds is 16. The summed E-state index contributed by atoms with van der Waals surface area (Å²) in [5.74, 6) is 1.39. The smallest absolute Gasteiger partial charge is 0.254 e. The van der Waals surface area contributed by atoms with E-state index in [1.165, 1.54) is 10.5 Å². The van der Waals surface area contributed by atoms with E-state index in [1.54, 1.807) is 29.5 Å². The van der Waals surface area contributed by atoms with Crippen LogP contribution < -0.4 is 25.2 Å². The first-order chi connectivity index (χ1) is 34.6. The number of nitrogens with one attached hydrogen (secondary N) is 2. The van der Waals surface area contributed by atoms with Crippen molar-refractivity contribution in [2.45, 2.75) is 89.4 Å². The Morgan fingerprint density at radius 3 is 2.54 bits per heavy atom. The maximum atomic E-state index is 14.1. The number of aliphatic hydroxyl groups is 1. The number of thiazole rings is 1. The lowest BCUT2D eigenvalue weighted by molar-refractivity contribution is -0.141. The predicted molar refractivity (Wildman–Crippen MR) is 270 cm³/mol. The van der Waals surface area contributed by atoms with Gasteiger partial charge >= 0.3 is 0 Å². The van der Waals surface area contributed by atoms with Crippen molar-refractivity contribution in [2.75, 3.05) is 74.1 Å². The molecular weight excluding hydrogens is 921 g/mol. The molecule has 8 heterocycles. The van der Waals surface area contributed by atoms with Crippen LogP contribution in [0.15, 0.2) is 83.1 Å². The van der Waals surface area contributed by atoms with Gasteiger partial charge in [-0.3, -0.25) is 9.59 Å². The fourth-order valence-electron chi connectivity index (χ4n) is 10.5. The number of benzene rings is 2. The van der Waals surface area contributed by atoms with Crippen molar-refractivity contribution >= 4 is 40.6 Å². The van der Waals surface area contributed by atoms with Crippen LogP contribution in [0.25, 0.3) is 21.7 Å². The van der Waals surface area contributed by atoms with Crippen LogP contribution in [0.2, 0.25) is 0 Å². The molecule has 2 aromatic carbocycles. The fraction of sp³-hybridized carbons (Fsp3) is 0.462. The standard InChI is InChI=1S/C52H62N12O6S/c1-32(2)47(51(68)64-30-39(65)22-43(64)50(67)54-25-34-10-12-36(13-11-34)48-33(3)57-31-71-48)45-24-46(60-70-45)69-21-7-6-16-61-17-14-35(15-18-61)37-26-55-52(56-27-37)62-19-20-63-38(29-62)28-53-49-42(63)23-41(58-59-49)40-8-4-5-9-44(40)66/h4-5,8-13,23-24,26-27,31-32,35,38-39,43,47,65-66H,6-7,14-22,25,28-30H2,1-3H3,(H,53,59)(H,54,67)/t38-,39+,43-,47+/m0/s1. The summed E-state index contributed by atoms with van der Waals surface area (Å²) in [6, 6.07) is 18.3. The van der Waals surface area contributed by atoms with Gasteiger partial charge in [0.25, 0.3) is 5.88 Å². The number of aryl methyl sites for hydroxylation is 1. The Kier molecular flexibility index (Phi) is 14.4. The van der Waals surface area contributed by atoms with Gasteiger partial charge in [-0.25, -0.2) is 15.0 Å². The zero-order valence-electron chi connectivity index (χ0n) is 40.5. The number of hydrogen-bond acceptors (Lipinski definition) is 17. The number of aliphatic hydroxyl groups excluding tert-OH is 1. The summed E-state index contributed by atoms with van der Waals surface area (Å²) in [4.78, 5) is 51.5. The highest BCUT2D eigenvalue weighted by Crippen LogP contribution is 2.37. The minimum atomic E-state index is -0.808. The van der Waals surface area contributed by atoms with E-state index >= 15 is 0 Å². The second kappa shape index (κ2) is 21.3. The van der Waals surface area contributed by atoms with E-state index in [9.17, 15) is 19.8 Å². The lowest BCUT2D eigenvalue weighted by atomic mass is 9.91. The Bertz CT molecular complexity index is 2780. The fourth-order valence-corrected chi connectivity index (χ4v) is 11.3. The van der Waals surface area contributed by atoms with Crippen LogP contribution >= 0.6 is 11.3 Å². The van der Waals surface area contributed by atoms with Gasteiger partial charge in [-0.15, -0.1) is 21.5 Å². The molecule has 0 unspecified atom stereocenters. The SMILES string of the molecule is Cc1ncsc1-c1ccc(CNC(=O)[C@@H]2C[C@@H](O)CN2C(=O)[C@@H](c2cc(OCCCCN3CCC(c4cnc(N5CCN6c7cc(-c8ccccc8O)nnc7NC[C@H]6C5)nc4)CC3)no2)C(C)C)cc1. The van der Waals surface area contributed by atoms with Crippen LogP contribution in [0.3, 0.4) is 0 Å². The summed E-state index contributed by atoms with van der Waals surface area (Å²) in [7, 11) is 0. The Hall–Kier alpha value is -6.70. The van der Waals surface area contributed by atoms with Crippen molar-refractivity contribution in [3.63, 3.8) is 0 Å². The highest BCUT2D eigenvalue weighted by Gasteiger charge is 2.43. The number of carbonyl (C=O) groups is 2. The molecule has 4 aliphatic heterocycles. The summed E-state index contributed by atoms with van der Waals surface area (Å²) >= 11 is 1.59. The zero-order chi connectivity index (χ0) is 49.0. The molecule has 10 rings (SSSR count). The van der Waals surface area contributed by atoms with Gasteiger partial charge in [-0.05, 0) is 104 Å². The minimum absolute atomic E-state index is 0.0667. The molecule has 0 spiro atoms. The second-order valence-corrected chi connectivity index (χ2v) is 20.4. The minimum Gasteiger partial charge on any atom is -0.507 e. The van der Waals surface area contributed by atoms with Gasteiger partial charge in [-0.2, -0.15) is 0 Å². The summed E-state index contributed by atoms with van der Waals surface area (Å²) in [6.07, 6.45) is 7.31. The Labute approximate surface area is 417 Å². The van der Waals surface area contributed by atoms with Crippen molar-refractivity contribution in [2.24, 2.45) is 5.92 Å². The molecule has 4 aliphatic rings. The third kappa shape index (κ3) is 10.7. The highest BCUT2D eigenvalue weighted by molar-refractivity contribution is 7.13. The van der Waals surface area contributed by atoms with Gasteiger partial charge in [0.2, 0.25) is 17.8 Å². The topological polar surface area (TPSA) is 211 Å². The molecule has 4 aromatic heterocycles. The third-order valence-electron chi connectivity index (χ3n) is 14.4. The number of piperidine rings is 1. The van der Waals surface area contributed by atoms with Crippen LogP contribution in [0.1, 0.15) is 80.4 Å². The van der Waals surface area contributed by atoms with Crippen LogP contribution in [-0.2, 0) is 16.1 Å². The molecule has 0 saturated carbocycles. The number of aromatic hydroxyl groups is 1. The van der Waals surface area contributed by atoms with Crippen LogP contribution in [0.5, 0.6) is 11.6 Å². The number of hydrogen-bond donors (Lipinski definition) is 4. The van der Waals surface area contributed by atoms with Gasteiger partial charge in [0, 0.05) is 69.7 Å². The molecule has 4 atom stereocenters. The largest absolute Gasteiger partial charge is 0.507 e. The number of β-amino-alcohol motifs (C(OH)–C–C–N with tert-alkyl or cyclic N) is 1. The molecule has 71 heavy (non-hydrogen) atoms. The molecule has 2 amide bonds. The molecule has 4 N–H and O–H groups in total. The Morgan fingerprint density at radius 2 is 1.77 bits per heavy atom. The lowest BCUT2D eigenvalue weighted by Gasteiger charge is -2.45. The number of amides is 2. The van der Waals surface area contributed by atoms with Crippen LogP contribution in [-0.4, -0.2) is 139 Å². The molecule has 3 fully saturated rings. The van der Waals surface area contributed by atoms with Crippen molar-refractivity contribution in [3.8, 4) is 33.3 Å². The van der Waals surface area contributed by atoms with E-state index in [1.807, 2.05) is 81.1 Å².